The first kappa shape index (κ1) is 19.3. The van der Waals surface area contributed by atoms with Crippen LogP contribution in [0.15, 0.2) is 24.3 Å². The van der Waals surface area contributed by atoms with Crippen LogP contribution in [0.1, 0.15) is 30.9 Å². The van der Waals surface area contributed by atoms with Gasteiger partial charge in [-0.25, -0.2) is 0 Å². The van der Waals surface area contributed by atoms with Crippen LogP contribution in [0.25, 0.3) is 0 Å². The maximum Gasteiger partial charge on any atom is 0.166 e. The lowest BCUT2D eigenvalue weighted by Gasteiger charge is -2.10. The number of carbonyl (C=O) groups is 1. The van der Waals surface area contributed by atoms with Crippen molar-refractivity contribution in [3.63, 3.8) is 0 Å². The van der Waals surface area contributed by atoms with Crippen molar-refractivity contribution in [1.82, 2.24) is 10.6 Å². The minimum Gasteiger partial charge on any atom is -0.362 e. The van der Waals surface area contributed by atoms with E-state index in [1.54, 1.807) is 21.6 Å². The fraction of sp³-hybridized carbons (Fsp3) is 0.500. The summed E-state index contributed by atoms with van der Waals surface area (Å²) in [5.41, 5.74) is 2.49. The van der Waals surface area contributed by atoms with Crippen molar-refractivity contribution >= 4 is 44.7 Å². The molecule has 3 nitrogen and oxygen atoms in total. The van der Waals surface area contributed by atoms with Crippen molar-refractivity contribution < 1.29 is 4.79 Å². The van der Waals surface area contributed by atoms with Gasteiger partial charge in [0, 0.05) is 37.4 Å². The van der Waals surface area contributed by atoms with Gasteiger partial charge in [0.1, 0.15) is 5.78 Å². The lowest BCUT2D eigenvalue weighted by atomic mass is 10.1. The summed E-state index contributed by atoms with van der Waals surface area (Å²) in [6.45, 7) is 5.57. The highest BCUT2D eigenvalue weighted by Gasteiger charge is 1.99. The summed E-state index contributed by atoms with van der Waals surface area (Å²) in [6.07, 6.45) is 1.33. The summed E-state index contributed by atoms with van der Waals surface area (Å²) >= 11 is 5.25. The molecule has 1 rings (SSSR count). The fourth-order valence-corrected chi connectivity index (χ4v) is 3.72. The molecular weight excluding hydrogens is 332 g/mol. The lowest BCUT2D eigenvalue weighted by Crippen LogP contribution is -2.35. The number of benzene rings is 1. The van der Waals surface area contributed by atoms with Gasteiger partial charge in [-0.2, -0.15) is 0 Å². The number of nitrogens with one attached hydrogen (secondary N) is 2. The van der Waals surface area contributed by atoms with E-state index < -0.39 is 0 Å². The summed E-state index contributed by atoms with van der Waals surface area (Å²) in [6, 6.07) is 8.42. The predicted molar refractivity (Wildman–Crippen MR) is 103 cm³/mol. The average Bonchev–Trinajstić information content (AvgIpc) is 2.53. The van der Waals surface area contributed by atoms with E-state index in [1.807, 2.05) is 6.92 Å². The van der Waals surface area contributed by atoms with E-state index in [4.69, 9.17) is 12.2 Å². The topological polar surface area (TPSA) is 41.1 Å². The zero-order valence-electron chi connectivity index (χ0n) is 13.2. The van der Waals surface area contributed by atoms with Crippen LogP contribution in [0, 0.1) is 6.92 Å². The molecule has 0 saturated carbocycles. The van der Waals surface area contributed by atoms with E-state index in [9.17, 15) is 4.79 Å². The summed E-state index contributed by atoms with van der Waals surface area (Å²) in [5, 5.41) is 7.08. The average molecular weight is 357 g/mol. The highest BCUT2D eigenvalue weighted by molar-refractivity contribution is 8.76. The number of aryl methyl sites for hydroxylation is 1. The van der Waals surface area contributed by atoms with Crippen LogP contribution >= 0.6 is 33.8 Å². The summed E-state index contributed by atoms with van der Waals surface area (Å²) in [4.78, 5) is 11.1. The Bertz CT molecular complexity index is 463. The van der Waals surface area contributed by atoms with E-state index in [1.165, 1.54) is 11.1 Å². The summed E-state index contributed by atoms with van der Waals surface area (Å²) in [5.74, 6) is 2.21. The van der Waals surface area contributed by atoms with Crippen LogP contribution in [0.3, 0.4) is 0 Å². The maximum atomic E-state index is 11.1. The number of rotatable bonds is 10. The van der Waals surface area contributed by atoms with Crippen LogP contribution in [-0.2, 0) is 11.3 Å². The van der Waals surface area contributed by atoms with Gasteiger partial charge in [-0.3, -0.25) is 4.79 Å². The third kappa shape index (κ3) is 9.33. The number of ketones is 1. The SMILES string of the molecule is CCC(=O)CCSSCCNC(=S)NCc1ccc(C)cc1. The summed E-state index contributed by atoms with van der Waals surface area (Å²) < 4.78 is 0. The molecule has 0 fully saturated rings. The molecule has 0 aliphatic rings. The molecule has 1 aromatic carbocycles. The molecule has 1 aromatic rings. The second-order valence-electron chi connectivity index (χ2n) is 4.88. The highest BCUT2D eigenvalue weighted by atomic mass is 33.1. The molecule has 0 atom stereocenters. The van der Waals surface area contributed by atoms with Gasteiger partial charge in [-0.05, 0) is 24.7 Å². The quantitative estimate of drug-likeness (QED) is 0.378. The van der Waals surface area contributed by atoms with Gasteiger partial charge in [-0.1, -0.05) is 58.3 Å². The van der Waals surface area contributed by atoms with Crippen LogP contribution < -0.4 is 10.6 Å². The van der Waals surface area contributed by atoms with Crippen molar-refractivity contribution in [2.75, 3.05) is 18.1 Å². The van der Waals surface area contributed by atoms with Crippen molar-refractivity contribution in [2.24, 2.45) is 0 Å². The zero-order valence-corrected chi connectivity index (χ0v) is 15.6. The van der Waals surface area contributed by atoms with E-state index in [2.05, 4.69) is 41.8 Å². The Kier molecular flexibility index (Phi) is 10.4. The number of thiocarbonyl (C=S) groups is 1. The largest absolute Gasteiger partial charge is 0.362 e. The molecule has 0 aromatic heterocycles. The van der Waals surface area contributed by atoms with Gasteiger partial charge in [0.15, 0.2) is 5.11 Å². The van der Waals surface area contributed by atoms with Gasteiger partial charge >= 0.3 is 0 Å². The number of carbonyl (C=O) groups excluding carboxylic acids is 1. The van der Waals surface area contributed by atoms with Crippen molar-refractivity contribution in [1.29, 1.82) is 0 Å². The number of hydrogen-bond acceptors (Lipinski definition) is 4. The van der Waals surface area contributed by atoms with Crippen molar-refractivity contribution in [2.45, 2.75) is 33.2 Å². The van der Waals surface area contributed by atoms with E-state index in [0.29, 0.717) is 23.7 Å². The molecule has 122 valence electrons. The first-order valence-corrected chi connectivity index (χ1v) is 10.3. The monoisotopic (exact) mass is 356 g/mol. The molecule has 0 spiro atoms. The maximum absolute atomic E-state index is 11.1. The third-order valence-electron chi connectivity index (χ3n) is 2.99. The Morgan fingerprint density at radius 1 is 1.14 bits per heavy atom. The normalized spacial score (nSPS) is 10.3. The van der Waals surface area contributed by atoms with Crippen LogP contribution in [0.4, 0.5) is 0 Å². The third-order valence-corrected chi connectivity index (χ3v) is 5.68. The molecule has 6 heteroatoms. The molecular formula is C16H24N2OS3. The van der Waals surface area contributed by atoms with E-state index in [0.717, 1.165) is 24.6 Å². The molecule has 2 N–H and O–H groups in total. The number of hydrogen-bond donors (Lipinski definition) is 2. The smallest absolute Gasteiger partial charge is 0.166 e. The molecule has 0 heterocycles. The van der Waals surface area contributed by atoms with Gasteiger partial charge in [0.2, 0.25) is 0 Å². The molecule has 0 radical (unpaired) electrons. The zero-order chi connectivity index (χ0) is 16.2. The van der Waals surface area contributed by atoms with E-state index in [-0.39, 0.29) is 0 Å². The summed E-state index contributed by atoms with van der Waals surface area (Å²) in [7, 11) is 3.53. The molecule has 0 aliphatic heterocycles. The lowest BCUT2D eigenvalue weighted by molar-refractivity contribution is -0.118. The van der Waals surface area contributed by atoms with E-state index >= 15 is 0 Å². The Labute approximate surface area is 146 Å². The standard InChI is InChI=1S/C16H24N2OS3/c1-3-15(19)8-10-21-22-11-9-17-16(20)18-12-14-6-4-13(2)5-7-14/h4-7H,3,8-12H2,1-2H3,(H2,17,18,20). The van der Waals surface area contributed by atoms with Gasteiger partial charge in [0.05, 0.1) is 0 Å². The van der Waals surface area contributed by atoms with Crippen molar-refractivity contribution in [3.8, 4) is 0 Å². The predicted octanol–water partition coefficient (Wildman–Crippen LogP) is 3.71. The van der Waals surface area contributed by atoms with Gasteiger partial charge < -0.3 is 10.6 Å². The minimum absolute atomic E-state index is 0.340. The number of Topliss-reactive ketones (excluding diaryl/α,β-unsaturated/α-hetero) is 1. The molecule has 0 unspecified atom stereocenters. The van der Waals surface area contributed by atoms with Crippen LogP contribution in [0.2, 0.25) is 0 Å². The first-order chi connectivity index (χ1) is 10.6. The van der Waals surface area contributed by atoms with Gasteiger partial charge in [0.25, 0.3) is 0 Å². The Balaban J connectivity index is 1.99. The molecule has 22 heavy (non-hydrogen) atoms. The second kappa shape index (κ2) is 11.8. The molecule has 0 saturated heterocycles. The second-order valence-corrected chi connectivity index (χ2v) is 7.99. The minimum atomic E-state index is 0.340. The molecule has 0 amide bonds. The Hall–Kier alpha value is -0.720. The Morgan fingerprint density at radius 2 is 1.82 bits per heavy atom. The van der Waals surface area contributed by atoms with Crippen molar-refractivity contribution in [3.05, 3.63) is 35.4 Å². The Morgan fingerprint density at radius 3 is 2.50 bits per heavy atom. The van der Waals surface area contributed by atoms with Crippen LogP contribution in [-0.4, -0.2) is 28.9 Å². The first-order valence-electron chi connectivity index (χ1n) is 7.45. The molecule has 0 aliphatic carbocycles. The molecule has 0 bridgehead atoms. The van der Waals surface area contributed by atoms with Crippen LogP contribution in [0.5, 0.6) is 0 Å². The van der Waals surface area contributed by atoms with Gasteiger partial charge in [-0.15, -0.1) is 0 Å². The fourth-order valence-electron chi connectivity index (χ4n) is 1.61. The highest BCUT2D eigenvalue weighted by Crippen LogP contribution is 2.21.